The molecule has 1 aliphatic rings. The highest BCUT2D eigenvalue weighted by Crippen LogP contribution is 2.20. The fraction of sp³-hybridized carbons (Fsp3) is 0.500. The molecule has 0 bridgehead atoms. The molecule has 0 saturated carbocycles. The van der Waals surface area contributed by atoms with E-state index in [0.29, 0.717) is 24.3 Å². The molecule has 124 valence electrons. The van der Waals surface area contributed by atoms with Crippen LogP contribution in [0.2, 0.25) is 0 Å². The molecule has 3 heterocycles. The summed E-state index contributed by atoms with van der Waals surface area (Å²) in [7, 11) is -3.53. The van der Waals surface area contributed by atoms with Crippen molar-refractivity contribution in [1.29, 1.82) is 0 Å². The number of primary sulfonamides is 1. The summed E-state index contributed by atoms with van der Waals surface area (Å²) in [6.45, 7) is 2.82. The van der Waals surface area contributed by atoms with E-state index in [-0.39, 0.29) is 17.6 Å². The van der Waals surface area contributed by atoms with Crippen LogP contribution in [0.15, 0.2) is 18.5 Å². The molecule has 1 aliphatic heterocycles. The molecule has 1 saturated heterocycles. The molecule has 0 spiro atoms. The number of likely N-dealkylation sites (tertiary alicyclic amines) is 1. The van der Waals surface area contributed by atoms with Gasteiger partial charge in [-0.1, -0.05) is 0 Å². The highest BCUT2D eigenvalue weighted by molar-refractivity contribution is 7.89. The van der Waals surface area contributed by atoms with Gasteiger partial charge in [0.1, 0.15) is 0 Å². The molecular formula is C14H19N5O3S. The van der Waals surface area contributed by atoms with Crippen LogP contribution in [0.5, 0.6) is 0 Å². The van der Waals surface area contributed by atoms with Crippen molar-refractivity contribution in [3.63, 3.8) is 0 Å². The molecular weight excluding hydrogens is 318 g/mol. The van der Waals surface area contributed by atoms with Crippen molar-refractivity contribution in [2.45, 2.75) is 19.8 Å². The molecule has 3 rings (SSSR count). The summed E-state index contributed by atoms with van der Waals surface area (Å²) < 4.78 is 24.2. The number of nitrogens with zero attached hydrogens (tertiary/aromatic N) is 4. The Bertz CT molecular complexity index is 845. The van der Waals surface area contributed by atoms with Crippen molar-refractivity contribution in [1.82, 2.24) is 19.5 Å². The highest BCUT2D eigenvalue weighted by atomic mass is 32.2. The second-order valence-electron chi connectivity index (χ2n) is 5.95. The maximum absolute atomic E-state index is 12.8. The predicted octanol–water partition coefficient (Wildman–Crippen LogP) is 0.178. The second kappa shape index (κ2) is 5.89. The van der Waals surface area contributed by atoms with E-state index >= 15 is 0 Å². The number of hydrogen-bond donors (Lipinski definition) is 1. The number of fused-ring (bicyclic) bond motifs is 1. The lowest BCUT2D eigenvalue weighted by molar-refractivity contribution is 0.0682. The minimum Gasteiger partial charge on any atom is -0.338 e. The Morgan fingerprint density at radius 3 is 3.00 bits per heavy atom. The summed E-state index contributed by atoms with van der Waals surface area (Å²) in [5, 5.41) is 9.28. The zero-order valence-corrected chi connectivity index (χ0v) is 13.7. The number of aryl methyl sites for hydroxylation is 1. The van der Waals surface area contributed by atoms with Crippen LogP contribution in [0.1, 0.15) is 28.9 Å². The molecule has 1 fully saturated rings. The van der Waals surface area contributed by atoms with Crippen molar-refractivity contribution in [2.24, 2.45) is 11.1 Å². The minimum atomic E-state index is -3.53. The van der Waals surface area contributed by atoms with E-state index < -0.39 is 10.0 Å². The number of carbonyl (C=O) groups excluding carboxylic acids is 1. The number of aromatic nitrogens is 3. The Kier molecular flexibility index (Phi) is 4.07. The van der Waals surface area contributed by atoms with Gasteiger partial charge in [0.05, 0.1) is 23.2 Å². The van der Waals surface area contributed by atoms with E-state index in [4.69, 9.17) is 5.14 Å². The van der Waals surface area contributed by atoms with Crippen LogP contribution in [0, 0.1) is 12.8 Å². The van der Waals surface area contributed by atoms with Gasteiger partial charge in [-0.2, -0.15) is 5.10 Å². The summed E-state index contributed by atoms with van der Waals surface area (Å²) in [5.41, 5.74) is 1.89. The molecule has 1 amide bonds. The lowest BCUT2D eigenvalue weighted by atomic mass is 9.99. The molecule has 1 atom stereocenters. The minimum absolute atomic E-state index is 0.0911. The normalized spacial score (nSPS) is 19.2. The van der Waals surface area contributed by atoms with Gasteiger partial charge in [0, 0.05) is 25.4 Å². The van der Waals surface area contributed by atoms with E-state index in [1.807, 2.05) is 6.92 Å². The molecule has 2 aromatic rings. The number of carbonyl (C=O) groups is 1. The summed E-state index contributed by atoms with van der Waals surface area (Å²) in [6.07, 6.45) is 4.71. The third-order valence-corrected chi connectivity index (χ3v) is 5.10. The van der Waals surface area contributed by atoms with Gasteiger partial charge >= 0.3 is 0 Å². The molecule has 2 aromatic heterocycles. The number of rotatable bonds is 3. The van der Waals surface area contributed by atoms with Crippen molar-refractivity contribution < 1.29 is 13.2 Å². The largest absolute Gasteiger partial charge is 0.338 e. The summed E-state index contributed by atoms with van der Waals surface area (Å²) >= 11 is 0. The van der Waals surface area contributed by atoms with Crippen LogP contribution in [-0.4, -0.2) is 52.7 Å². The average molecular weight is 337 g/mol. The van der Waals surface area contributed by atoms with Crippen molar-refractivity contribution in [3.8, 4) is 0 Å². The first kappa shape index (κ1) is 15.9. The Labute approximate surface area is 134 Å². The average Bonchev–Trinajstić information content (AvgIpc) is 2.95. The van der Waals surface area contributed by atoms with Gasteiger partial charge in [0.2, 0.25) is 10.0 Å². The third kappa shape index (κ3) is 3.35. The Morgan fingerprint density at radius 1 is 1.48 bits per heavy atom. The fourth-order valence-corrected chi connectivity index (χ4v) is 4.01. The topological polar surface area (TPSA) is 111 Å². The van der Waals surface area contributed by atoms with Gasteiger partial charge in [-0.3, -0.25) is 4.79 Å². The first-order chi connectivity index (χ1) is 10.8. The van der Waals surface area contributed by atoms with Crippen LogP contribution in [0.4, 0.5) is 0 Å². The molecule has 0 radical (unpaired) electrons. The smallest absolute Gasteiger partial charge is 0.257 e. The molecule has 9 heteroatoms. The maximum atomic E-state index is 12.8. The van der Waals surface area contributed by atoms with Crippen LogP contribution >= 0.6 is 0 Å². The van der Waals surface area contributed by atoms with Gasteiger partial charge in [-0.05, 0) is 25.7 Å². The number of sulfonamides is 1. The predicted molar refractivity (Wildman–Crippen MR) is 84.3 cm³/mol. The van der Waals surface area contributed by atoms with Crippen molar-refractivity contribution in [2.75, 3.05) is 18.8 Å². The second-order valence-corrected chi connectivity index (χ2v) is 7.61. The molecule has 23 heavy (non-hydrogen) atoms. The number of nitrogens with two attached hydrogens (primary N) is 1. The molecule has 8 nitrogen and oxygen atoms in total. The van der Waals surface area contributed by atoms with E-state index in [0.717, 1.165) is 18.5 Å². The molecule has 0 aromatic carbocycles. The van der Waals surface area contributed by atoms with Gasteiger partial charge < -0.3 is 4.90 Å². The van der Waals surface area contributed by atoms with E-state index in [1.54, 1.807) is 27.9 Å². The number of piperidine rings is 1. The fourth-order valence-electron chi connectivity index (χ4n) is 3.09. The maximum Gasteiger partial charge on any atom is 0.257 e. The molecule has 1 unspecified atom stereocenters. The van der Waals surface area contributed by atoms with Crippen molar-refractivity contribution >= 4 is 21.6 Å². The third-order valence-electron chi connectivity index (χ3n) is 4.16. The monoisotopic (exact) mass is 337 g/mol. The zero-order chi connectivity index (χ0) is 16.6. The van der Waals surface area contributed by atoms with Gasteiger partial charge in [0.15, 0.2) is 5.65 Å². The zero-order valence-electron chi connectivity index (χ0n) is 12.8. The SMILES string of the molecule is Cc1c(C(=O)N2CCCC(CS(N)(=O)=O)C2)cnc2ccnn12. The van der Waals surface area contributed by atoms with Gasteiger partial charge in [-0.15, -0.1) is 0 Å². The Hall–Kier alpha value is -2.00. The summed E-state index contributed by atoms with van der Waals surface area (Å²) in [4.78, 5) is 18.7. The number of amides is 1. The van der Waals surface area contributed by atoms with E-state index in [9.17, 15) is 13.2 Å². The Balaban J connectivity index is 1.82. The van der Waals surface area contributed by atoms with E-state index in [1.165, 1.54) is 0 Å². The number of hydrogen-bond acceptors (Lipinski definition) is 5. The summed E-state index contributed by atoms with van der Waals surface area (Å²) in [5.74, 6) is -0.359. The molecule has 2 N–H and O–H groups in total. The van der Waals surface area contributed by atoms with E-state index in [2.05, 4.69) is 10.1 Å². The first-order valence-corrected chi connectivity index (χ1v) is 9.16. The van der Waals surface area contributed by atoms with Crippen LogP contribution < -0.4 is 5.14 Å². The van der Waals surface area contributed by atoms with Gasteiger partial charge in [0.25, 0.3) is 5.91 Å². The molecule has 0 aliphatic carbocycles. The highest BCUT2D eigenvalue weighted by Gasteiger charge is 2.28. The Morgan fingerprint density at radius 2 is 2.26 bits per heavy atom. The quantitative estimate of drug-likeness (QED) is 0.859. The lowest BCUT2D eigenvalue weighted by Gasteiger charge is -2.32. The van der Waals surface area contributed by atoms with Crippen LogP contribution in [-0.2, 0) is 10.0 Å². The van der Waals surface area contributed by atoms with Gasteiger partial charge in [-0.25, -0.2) is 23.1 Å². The first-order valence-electron chi connectivity index (χ1n) is 7.44. The summed E-state index contributed by atoms with van der Waals surface area (Å²) in [6, 6.07) is 1.77. The lowest BCUT2D eigenvalue weighted by Crippen LogP contribution is -2.43. The standard InChI is InChI=1S/C14H19N5O3S/c1-10-12(7-16-13-4-5-17-19(10)13)14(20)18-6-2-3-11(8-18)9-23(15,21)22/h4-5,7,11H,2-3,6,8-9H2,1H3,(H2,15,21,22). The van der Waals surface area contributed by atoms with Crippen LogP contribution in [0.25, 0.3) is 5.65 Å². The van der Waals surface area contributed by atoms with Crippen molar-refractivity contribution in [3.05, 3.63) is 29.7 Å². The van der Waals surface area contributed by atoms with Crippen LogP contribution in [0.3, 0.4) is 0 Å².